The highest BCUT2D eigenvalue weighted by Gasteiger charge is 2.43. The molecule has 29 heavy (non-hydrogen) atoms. The highest BCUT2D eigenvalue weighted by molar-refractivity contribution is 6.30. The lowest BCUT2D eigenvalue weighted by atomic mass is 9.95. The summed E-state index contributed by atoms with van der Waals surface area (Å²) in [6, 6.07) is 10.4. The van der Waals surface area contributed by atoms with Crippen LogP contribution in [0.1, 0.15) is 11.8 Å². The van der Waals surface area contributed by atoms with Crippen molar-refractivity contribution in [2.75, 3.05) is 38.2 Å². The Labute approximate surface area is 173 Å². The van der Waals surface area contributed by atoms with Crippen LogP contribution in [0.25, 0.3) is 0 Å². The molecule has 2 aliphatic heterocycles. The number of furan rings is 1. The lowest BCUT2D eigenvalue weighted by Crippen LogP contribution is -2.57. The van der Waals surface area contributed by atoms with Gasteiger partial charge in [0.2, 0.25) is 11.9 Å². The number of carbonyl (C=O) groups is 2. The number of halogens is 1. The summed E-state index contributed by atoms with van der Waals surface area (Å²) in [4.78, 5) is 33.7. The maximum Gasteiger partial charge on any atom is 0.320 e. The first-order valence-corrected chi connectivity index (χ1v) is 9.70. The summed E-state index contributed by atoms with van der Waals surface area (Å²) >= 11 is 5.97. The van der Waals surface area contributed by atoms with Crippen molar-refractivity contribution in [1.29, 1.82) is 0 Å². The normalized spacial score (nSPS) is 22.1. The molecule has 2 aromatic rings. The van der Waals surface area contributed by atoms with E-state index in [9.17, 15) is 9.59 Å². The van der Waals surface area contributed by atoms with Gasteiger partial charge in [-0.25, -0.2) is 4.99 Å². The van der Waals surface area contributed by atoms with Crippen molar-refractivity contribution in [1.82, 2.24) is 10.2 Å². The molecule has 0 saturated carbocycles. The second-order valence-corrected chi connectivity index (χ2v) is 7.29. The molecule has 1 aromatic carbocycles. The molecule has 1 aromatic heterocycles. The SMILES string of the molecule is COC(=O)[C@H]1C(=O)NC(N2CCN(c3ccc(Cl)cc3)CC2)=N[C@@H]1c1ccco1. The summed E-state index contributed by atoms with van der Waals surface area (Å²) in [5, 5.41) is 3.47. The van der Waals surface area contributed by atoms with E-state index in [4.69, 9.17) is 20.8 Å². The average molecular weight is 417 g/mol. The van der Waals surface area contributed by atoms with E-state index in [1.165, 1.54) is 13.4 Å². The molecule has 1 saturated heterocycles. The van der Waals surface area contributed by atoms with Gasteiger partial charge in [-0.1, -0.05) is 11.6 Å². The van der Waals surface area contributed by atoms with Crippen LogP contribution in [-0.4, -0.2) is 56.0 Å². The number of nitrogens with one attached hydrogen (secondary N) is 1. The molecule has 2 atom stereocenters. The third kappa shape index (κ3) is 3.93. The maximum atomic E-state index is 12.7. The number of benzene rings is 1. The third-order valence-electron chi connectivity index (χ3n) is 5.16. The highest BCUT2D eigenvalue weighted by Crippen LogP contribution is 2.31. The zero-order chi connectivity index (χ0) is 20.4. The molecule has 8 nitrogen and oxygen atoms in total. The number of rotatable bonds is 3. The molecule has 1 N–H and O–H groups in total. The van der Waals surface area contributed by atoms with Gasteiger partial charge in [-0.05, 0) is 36.4 Å². The Morgan fingerprint density at radius 1 is 1.17 bits per heavy atom. The monoisotopic (exact) mass is 416 g/mol. The van der Waals surface area contributed by atoms with Gasteiger partial charge in [0.25, 0.3) is 0 Å². The third-order valence-corrected chi connectivity index (χ3v) is 5.41. The number of hydrogen-bond donors (Lipinski definition) is 1. The number of amides is 1. The van der Waals surface area contributed by atoms with E-state index in [1.807, 2.05) is 29.2 Å². The summed E-state index contributed by atoms with van der Waals surface area (Å²) in [7, 11) is 1.25. The Morgan fingerprint density at radius 3 is 2.48 bits per heavy atom. The standard InChI is InChI=1S/C20H21ClN4O4/c1-28-19(27)16-17(15-3-2-12-29-15)22-20(23-18(16)26)25-10-8-24(9-11-25)14-6-4-13(21)5-7-14/h2-7,12,16-17H,8-11H2,1H3,(H,22,23,26)/t16-,17-/m1/s1. The summed E-state index contributed by atoms with van der Waals surface area (Å²) in [6.07, 6.45) is 1.50. The fourth-order valence-electron chi connectivity index (χ4n) is 3.61. The van der Waals surface area contributed by atoms with Crippen molar-refractivity contribution in [3.05, 3.63) is 53.4 Å². The zero-order valence-electron chi connectivity index (χ0n) is 15.9. The van der Waals surface area contributed by atoms with Crippen molar-refractivity contribution in [3.8, 4) is 0 Å². The molecule has 9 heteroatoms. The summed E-state index contributed by atoms with van der Waals surface area (Å²) in [5.74, 6) is -1.26. The van der Waals surface area contributed by atoms with Crippen molar-refractivity contribution in [2.24, 2.45) is 10.9 Å². The minimum absolute atomic E-state index is 0.441. The molecular formula is C20H21ClN4O4. The van der Waals surface area contributed by atoms with E-state index in [2.05, 4.69) is 15.2 Å². The number of methoxy groups -OCH3 is 1. The average Bonchev–Trinajstić information content (AvgIpc) is 3.28. The molecule has 3 heterocycles. The fourth-order valence-corrected chi connectivity index (χ4v) is 3.74. The first-order chi connectivity index (χ1) is 14.1. The lowest BCUT2D eigenvalue weighted by molar-refractivity contribution is -0.151. The van der Waals surface area contributed by atoms with Crippen molar-refractivity contribution < 1.29 is 18.7 Å². The van der Waals surface area contributed by atoms with Gasteiger partial charge in [0.05, 0.1) is 13.4 Å². The number of piperazine rings is 1. The van der Waals surface area contributed by atoms with Crippen LogP contribution in [0.2, 0.25) is 5.02 Å². The molecule has 152 valence electrons. The van der Waals surface area contributed by atoms with Gasteiger partial charge in [0, 0.05) is 36.9 Å². The second kappa shape index (κ2) is 8.16. The van der Waals surface area contributed by atoms with E-state index in [1.54, 1.807) is 12.1 Å². The number of nitrogens with zero attached hydrogens (tertiary/aromatic N) is 3. The van der Waals surface area contributed by atoms with Crippen molar-refractivity contribution in [3.63, 3.8) is 0 Å². The first-order valence-electron chi connectivity index (χ1n) is 9.32. The Morgan fingerprint density at radius 2 is 1.86 bits per heavy atom. The van der Waals surface area contributed by atoms with E-state index >= 15 is 0 Å². The van der Waals surface area contributed by atoms with E-state index in [0.717, 1.165) is 18.8 Å². The van der Waals surface area contributed by atoms with E-state index in [-0.39, 0.29) is 0 Å². The number of hydrogen-bond acceptors (Lipinski definition) is 7. The summed E-state index contributed by atoms with van der Waals surface area (Å²) in [6.45, 7) is 2.88. The Kier molecular flexibility index (Phi) is 5.44. The number of esters is 1. The lowest BCUT2D eigenvalue weighted by Gasteiger charge is -2.39. The highest BCUT2D eigenvalue weighted by atomic mass is 35.5. The minimum Gasteiger partial charge on any atom is -0.468 e. The summed E-state index contributed by atoms with van der Waals surface area (Å²) in [5.41, 5.74) is 1.10. The molecule has 1 fully saturated rings. The van der Waals surface area contributed by atoms with Gasteiger partial charge >= 0.3 is 5.97 Å². The van der Waals surface area contributed by atoms with Crippen LogP contribution in [0.4, 0.5) is 5.69 Å². The molecule has 2 aliphatic rings. The predicted molar refractivity (Wildman–Crippen MR) is 108 cm³/mol. The first kappa shape index (κ1) is 19.3. The minimum atomic E-state index is -1.08. The molecular weight excluding hydrogens is 396 g/mol. The smallest absolute Gasteiger partial charge is 0.320 e. The number of ether oxygens (including phenoxy) is 1. The molecule has 4 rings (SSSR count). The Bertz CT molecular complexity index is 905. The second-order valence-electron chi connectivity index (χ2n) is 6.85. The van der Waals surface area contributed by atoms with Gasteiger partial charge in [0.15, 0.2) is 5.92 Å². The topological polar surface area (TPSA) is 87.4 Å². The van der Waals surface area contributed by atoms with Crippen LogP contribution >= 0.6 is 11.6 Å². The van der Waals surface area contributed by atoms with Gasteiger partial charge in [-0.15, -0.1) is 0 Å². The van der Waals surface area contributed by atoms with E-state index < -0.39 is 23.8 Å². The van der Waals surface area contributed by atoms with Crippen LogP contribution in [0.3, 0.4) is 0 Å². The molecule has 0 radical (unpaired) electrons. The summed E-state index contributed by atoms with van der Waals surface area (Å²) < 4.78 is 10.2. The largest absolute Gasteiger partial charge is 0.468 e. The number of anilines is 1. The van der Waals surface area contributed by atoms with Crippen LogP contribution in [0.15, 0.2) is 52.1 Å². The molecule has 1 amide bonds. The molecule has 0 bridgehead atoms. The number of aliphatic imine (C=N–C) groups is 1. The van der Waals surface area contributed by atoms with Crippen LogP contribution in [-0.2, 0) is 14.3 Å². The van der Waals surface area contributed by atoms with Gasteiger partial charge in [-0.2, -0.15) is 0 Å². The van der Waals surface area contributed by atoms with Crippen LogP contribution in [0.5, 0.6) is 0 Å². The predicted octanol–water partition coefficient (Wildman–Crippen LogP) is 2.07. The van der Waals surface area contributed by atoms with Gasteiger partial charge < -0.3 is 19.0 Å². The van der Waals surface area contributed by atoms with Gasteiger partial charge in [0.1, 0.15) is 11.8 Å². The molecule has 0 unspecified atom stereocenters. The molecule has 0 aliphatic carbocycles. The fraction of sp³-hybridized carbons (Fsp3) is 0.350. The van der Waals surface area contributed by atoms with Gasteiger partial charge in [-0.3, -0.25) is 14.9 Å². The Balaban J connectivity index is 1.52. The number of guanidine groups is 1. The zero-order valence-corrected chi connectivity index (χ0v) is 16.6. The molecule has 0 spiro atoms. The van der Waals surface area contributed by atoms with Crippen molar-refractivity contribution in [2.45, 2.75) is 6.04 Å². The van der Waals surface area contributed by atoms with Crippen molar-refractivity contribution >= 4 is 35.1 Å². The van der Waals surface area contributed by atoms with E-state index in [0.29, 0.717) is 29.8 Å². The maximum absolute atomic E-state index is 12.7. The van der Waals surface area contributed by atoms with Crippen LogP contribution in [0, 0.1) is 5.92 Å². The number of carbonyl (C=O) groups excluding carboxylic acids is 2. The van der Waals surface area contributed by atoms with Crippen LogP contribution < -0.4 is 10.2 Å². The quantitative estimate of drug-likeness (QED) is 0.608. The Hall–Kier alpha value is -3.00.